The molecule has 0 aliphatic carbocycles. The van der Waals surface area contributed by atoms with E-state index in [-0.39, 0.29) is 0 Å². The molecule has 0 radical (unpaired) electrons. The van der Waals surface area contributed by atoms with Gasteiger partial charge in [-0.1, -0.05) is 30.3 Å². The molecule has 0 spiro atoms. The van der Waals surface area contributed by atoms with E-state index in [1.165, 1.54) is 11.4 Å². The first-order chi connectivity index (χ1) is 13.8. The van der Waals surface area contributed by atoms with Gasteiger partial charge in [0.15, 0.2) is 0 Å². The first kappa shape index (κ1) is 18.1. The van der Waals surface area contributed by atoms with Gasteiger partial charge in [0, 0.05) is 49.3 Å². The number of rotatable bonds is 5. The molecule has 0 aromatic heterocycles. The number of hydrogen-bond donors (Lipinski definition) is 0. The number of nitrogens with zero attached hydrogens (tertiary/aromatic N) is 3. The molecule has 3 aromatic carbocycles. The Kier molecular flexibility index (Phi) is 5.57. The van der Waals surface area contributed by atoms with Crippen molar-refractivity contribution in [2.45, 2.75) is 0 Å². The molecule has 0 saturated carbocycles. The lowest BCUT2D eigenvalue weighted by Gasteiger charge is -2.37. The normalized spacial score (nSPS) is 14.5. The number of piperazine rings is 1. The number of ether oxygens (including phenoxy) is 1. The average molecular weight is 371 g/mol. The van der Waals surface area contributed by atoms with Crippen LogP contribution in [0.1, 0.15) is 5.56 Å². The molecule has 4 nitrogen and oxygen atoms in total. The van der Waals surface area contributed by atoms with Crippen LogP contribution in [0.5, 0.6) is 5.75 Å². The highest BCUT2D eigenvalue weighted by molar-refractivity contribution is 5.85. The van der Waals surface area contributed by atoms with Gasteiger partial charge in [0.05, 0.1) is 12.8 Å². The molecule has 1 aliphatic rings. The number of para-hydroxylation sites is 2. The Balaban J connectivity index is 1.38. The summed E-state index contributed by atoms with van der Waals surface area (Å²) in [6.07, 6.45) is 1.85. The molecule has 1 saturated heterocycles. The van der Waals surface area contributed by atoms with Crippen LogP contribution >= 0.6 is 0 Å². The van der Waals surface area contributed by atoms with Gasteiger partial charge in [-0.2, -0.15) is 0 Å². The Hall–Kier alpha value is -3.27. The molecule has 0 atom stereocenters. The Morgan fingerprint density at radius 2 is 1.29 bits per heavy atom. The quantitative estimate of drug-likeness (QED) is 0.605. The van der Waals surface area contributed by atoms with Crippen LogP contribution in [0.25, 0.3) is 0 Å². The minimum atomic E-state index is 0.833. The second-order valence-electron chi connectivity index (χ2n) is 6.83. The number of benzene rings is 3. The van der Waals surface area contributed by atoms with Gasteiger partial charge in [-0.25, -0.2) is 0 Å². The zero-order valence-electron chi connectivity index (χ0n) is 16.2. The molecule has 0 unspecified atom stereocenters. The number of aliphatic imine (C=N–C) groups is 1. The van der Waals surface area contributed by atoms with Crippen molar-refractivity contribution in [2.24, 2.45) is 4.99 Å². The van der Waals surface area contributed by atoms with Crippen LogP contribution in [0.3, 0.4) is 0 Å². The summed E-state index contributed by atoms with van der Waals surface area (Å²) in [5.74, 6) is 0.833. The summed E-state index contributed by atoms with van der Waals surface area (Å²) in [6.45, 7) is 4.13. The fourth-order valence-corrected chi connectivity index (χ4v) is 3.53. The average Bonchev–Trinajstić information content (AvgIpc) is 2.79. The zero-order valence-corrected chi connectivity index (χ0v) is 16.2. The Labute approximate surface area is 166 Å². The fourth-order valence-electron chi connectivity index (χ4n) is 3.53. The Morgan fingerprint density at radius 1 is 0.714 bits per heavy atom. The lowest BCUT2D eigenvalue weighted by atomic mass is 10.2. The van der Waals surface area contributed by atoms with Crippen molar-refractivity contribution in [1.29, 1.82) is 0 Å². The third kappa shape index (κ3) is 4.17. The topological polar surface area (TPSA) is 28.1 Å². The van der Waals surface area contributed by atoms with Crippen molar-refractivity contribution in [3.63, 3.8) is 0 Å². The van der Waals surface area contributed by atoms with Gasteiger partial charge in [0.1, 0.15) is 5.75 Å². The van der Waals surface area contributed by atoms with Gasteiger partial charge in [-0.05, 0) is 48.5 Å². The molecule has 1 aliphatic heterocycles. The lowest BCUT2D eigenvalue weighted by molar-refractivity contribution is 0.414. The summed E-state index contributed by atoms with van der Waals surface area (Å²) in [5.41, 5.74) is 4.48. The van der Waals surface area contributed by atoms with E-state index in [9.17, 15) is 0 Å². The van der Waals surface area contributed by atoms with Crippen LogP contribution in [-0.4, -0.2) is 39.5 Å². The minimum absolute atomic E-state index is 0.833. The van der Waals surface area contributed by atoms with E-state index >= 15 is 0 Å². The van der Waals surface area contributed by atoms with Gasteiger partial charge in [0.25, 0.3) is 0 Å². The van der Waals surface area contributed by atoms with Gasteiger partial charge >= 0.3 is 0 Å². The maximum atomic E-state index is 5.37. The van der Waals surface area contributed by atoms with Crippen LogP contribution < -0.4 is 14.5 Å². The van der Waals surface area contributed by atoms with Gasteiger partial charge < -0.3 is 14.5 Å². The second-order valence-corrected chi connectivity index (χ2v) is 6.83. The van der Waals surface area contributed by atoms with Crippen molar-refractivity contribution in [3.8, 4) is 5.75 Å². The molecule has 3 aromatic rings. The van der Waals surface area contributed by atoms with Crippen molar-refractivity contribution in [2.75, 3.05) is 43.1 Å². The van der Waals surface area contributed by atoms with Crippen LogP contribution in [0.15, 0.2) is 83.9 Å². The number of hydrogen-bond acceptors (Lipinski definition) is 4. The van der Waals surface area contributed by atoms with E-state index in [4.69, 9.17) is 4.74 Å². The molecule has 0 bridgehead atoms. The molecule has 28 heavy (non-hydrogen) atoms. The zero-order chi connectivity index (χ0) is 19.2. The van der Waals surface area contributed by atoms with Crippen molar-refractivity contribution in [3.05, 3.63) is 84.4 Å². The summed E-state index contributed by atoms with van der Waals surface area (Å²) < 4.78 is 5.37. The molecule has 0 N–H and O–H groups in total. The molecular formula is C24H25N3O. The molecule has 4 heteroatoms. The molecule has 142 valence electrons. The minimum Gasteiger partial charge on any atom is -0.496 e. The smallest absolute Gasteiger partial charge is 0.127 e. The maximum absolute atomic E-state index is 5.37. The summed E-state index contributed by atoms with van der Waals surface area (Å²) in [7, 11) is 1.68. The van der Waals surface area contributed by atoms with E-state index in [2.05, 4.69) is 69.4 Å². The number of methoxy groups -OCH3 is 1. The van der Waals surface area contributed by atoms with Crippen LogP contribution in [0.2, 0.25) is 0 Å². The second kappa shape index (κ2) is 8.61. The predicted octanol–water partition coefficient (Wildman–Crippen LogP) is 4.77. The Bertz CT molecular complexity index is 914. The first-order valence-electron chi connectivity index (χ1n) is 9.65. The fraction of sp³-hybridized carbons (Fsp3) is 0.208. The standard InChI is InChI=1S/C24H25N3O/c1-28-24-10-6-5-7-20(24)19-25-21-11-13-23(14-12-21)27-17-15-26(16-18-27)22-8-3-2-4-9-22/h2-14,19H,15-18H2,1H3. The third-order valence-electron chi connectivity index (χ3n) is 5.11. The van der Waals surface area contributed by atoms with E-state index < -0.39 is 0 Å². The van der Waals surface area contributed by atoms with Gasteiger partial charge in [-0.15, -0.1) is 0 Å². The summed E-state index contributed by atoms with van der Waals surface area (Å²) in [5, 5.41) is 0. The molecule has 1 fully saturated rings. The highest BCUT2D eigenvalue weighted by Gasteiger charge is 2.17. The van der Waals surface area contributed by atoms with E-state index in [0.717, 1.165) is 43.2 Å². The van der Waals surface area contributed by atoms with Crippen LogP contribution in [-0.2, 0) is 0 Å². The van der Waals surface area contributed by atoms with E-state index in [0.29, 0.717) is 0 Å². The monoisotopic (exact) mass is 371 g/mol. The van der Waals surface area contributed by atoms with E-state index in [1.807, 2.05) is 30.5 Å². The summed E-state index contributed by atoms with van der Waals surface area (Å²) >= 11 is 0. The maximum Gasteiger partial charge on any atom is 0.127 e. The summed E-state index contributed by atoms with van der Waals surface area (Å²) in [4.78, 5) is 9.48. The SMILES string of the molecule is COc1ccccc1C=Nc1ccc(N2CCN(c3ccccc3)CC2)cc1. The summed E-state index contributed by atoms with van der Waals surface area (Å²) in [6, 6.07) is 27.0. The molecular weight excluding hydrogens is 346 g/mol. The predicted molar refractivity (Wildman–Crippen MR) is 118 cm³/mol. The molecule has 1 heterocycles. The van der Waals surface area contributed by atoms with E-state index in [1.54, 1.807) is 7.11 Å². The van der Waals surface area contributed by atoms with Crippen LogP contribution in [0.4, 0.5) is 17.1 Å². The highest BCUT2D eigenvalue weighted by atomic mass is 16.5. The van der Waals surface area contributed by atoms with Crippen LogP contribution in [0, 0.1) is 0 Å². The van der Waals surface area contributed by atoms with Crippen molar-refractivity contribution in [1.82, 2.24) is 0 Å². The molecule has 0 amide bonds. The largest absolute Gasteiger partial charge is 0.496 e. The number of anilines is 2. The first-order valence-corrected chi connectivity index (χ1v) is 9.65. The Morgan fingerprint density at radius 3 is 1.93 bits per heavy atom. The van der Waals surface area contributed by atoms with Gasteiger partial charge in [0.2, 0.25) is 0 Å². The highest BCUT2D eigenvalue weighted by Crippen LogP contribution is 2.23. The molecule has 4 rings (SSSR count). The lowest BCUT2D eigenvalue weighted by Crippen LogP contribution is -2.46. The third-order valence-corrected chi connectivity index (χ3v) is 5.11. The van der Waals surface area contributed by atoms with Crippen molar-refractivity contribution >= 4 is 23.3 Å². The van der Waals surface area contributed by atoms with Gasteiger partial charge in [-0.3, -0.25) is 4.99 Å². The van der Waals surface area contributed by atoms with Crippen molar-refractivity contribution < 1.29 is 4.74 Å².